The van der Waals surface area contributed by atoms with Crippen molar-refractivity contribution in [1.29, 1.82) is 0 Å². The first-order chi connectivity index (χ1) is 18.5. The van der Waals surface area contributed by atoms with Gasteiger partial charge in [-0.15, -0.1) is 0 Å². The van der Waals surface area contributed by atoms with E-state index in [0.717, 1.165) is 66.5 Å². The van der Waals surface area contributed by atoms with E-state index in [4.69, 9.17) is 0 Å². The molecule has 4 nitrogen and oxygen atoms in total. The third-order valence-corrected chi connectivity index (χ3v) is 8.48. The molecule has 210 valence electrons. The molecule has 3 aromatic rings. The fourth-order valence-electron chi connectivity index (χ4n) is 4.88. The monoisotopic (exact) mass is 562 g/mol. The topological polar surface area (TPSA) is 49.4 Å². The van der Waals surface area contributed by atoms with Gasteiger partial charge in [-0.1, -0.05) is 56.9 Å². The second-order valence-corrected chi connectivity index (χ2v) is 11.9. The van der Waals surface area contributed by atoms with E-state index in [1.807, 2.05) is 0 Å². The lowest BCUT2D eigenvalue weighted by molar-refractivity contribution is -0.137. The summed E-state index contributed by atoms with van der Waals surface area (Å²) >= 11 is 0. The van der Waals surface area contributed by atoms with Crippen LogP contribution in [0.1, 0.15) is 66.8 Å². The maximum absolute atomic E-state index is 14.7. The molecule has 1 aliphatic rings. The van der Waals surface area contributed by atoms with Gasteiger partial charge in [-0.3, -0.25) is 9.62 Å². The van der Waals surface area contributed by atoms with Crippen LogP contribution < -0.4 is 4.72 Å². The van der Waals surface area contributed by atoms with Crippen molar-refractivity contribution in [2.75, 3.05) is 11.3 Å². The van der Waals surface area contributed by atoms with E-state index in [9.17, 15) is 26.0 Å². The van der Waals surface area contributed by atoms with Crippen molar-refractivity contribution in [1.82, 2.24) is 4.90 Å². The summed E-state index contributed by atoms with van der Waals surface area (Å²) in [5, 5.41) is 0. The zero-order valence-electron chi connectivity index (χ0n) is 22.0. The lowest BCUT2D eigenvalue weighted by Crippen LogP contribution is -2.30. The highest BCUT2D eigenvalue weighted by Crippen LogP contribution is 2.30. The molecule has 1 aliphatic heterocycles. The normalized spacial score (nSPS) is 14.3. The first-order valence-electron chi connectivity index (χ1n) is 13.4. The van der Waals surface area contributed by atoms with Crippen molar-refractivity contribution >= 4 is 15.7 Å². The Morgan fingerprint density at radius 2 is 1.59 bits per heavy atom. The van der Waals surface area contributed by atoms with E-state index in [-0.39, 0.29) is 10.6 Å². The number of halogens is 4. The van der Waals surface area contributed by atoms with Gasteiger partial charge in [0.2, 0.25) is 0 Å². The Bertz CT molecular complexity index is 1370. The molecule has 4 rings (SSSR count). The Labute approximate surface area is 228 Å². The minimum Gasteiger partial charge on any atom is -0.294 e. The van der Waals surface area contributed by atoms with Crippen molar-refractivity contribution in [3.63, 3.8) is 0 Å². The summed E-state index contributed by atoms with van der Waals surface area (Å²) in [4.78, 5) is 2.18. The second-order valence-electron chi connectivity index (χ2n) is 10.2. The maximum atomic E-state index is 14.7. The Hall–Kier alpha value is -2.91. The SMILES string of the molecule is CCCCCCCc1ccc(NS(=O)(=O)c2ccc3c(c2)CCN(Cc2ccc(C(F)(F)F)cc2)C3)c(F)c1. The second kappa shape index (κ2) is 12.5. The first kappa shape index (κ1) is 29.1. The van der Waals surface area contributed by atoms with Crippen molar-refractivity contribution in [3.8, 4) is 0 Å². The van der Waals surface area contributed by atoms with Gasteiger partial charge in [0.05, 0.1) is 16.1 Å². The number of rotatable bonds is 11. The number of aryl methyl sites for hydroxylation is 1. The van der Waals surface area contributed by atoms with Crippen LogP contribution in [0.15, 0.2) is 65.6 Å². The average molecular weight is 563 g/mol. The van der Waals surface area contributed by atoms with E-state index in [2.05, 4.69) is 16.5 Å². The molecule has 0 atom stereocenters. The van der Waals surface area contributed by atoms with E-state index < -0.39 is 27.6 Å². The molecule has 0 bridgehead atoms. The first-order valence-corrected chi connectivity index (χ1v) is 14.8. The third-order valence-electron chi connectivity index (χ3n) is 7.11. The summed E-state index contributed by atoms with van der Waals surface area (Å²) in [6.45, 7) is 3.84. The Morgan fingerprint density at radius 3 is 2.28 bits per heavy atom. The fourth-order valence-corrected chi connectivity index (χ4v) is 6.00. The largest absolute Gasteiger partial charge is 0.416 e. The highest BCUT2D eigenvalue weighted by atomic mass is 32.2. The number of anilines is 1. The molecule has 0 amide bonds. The highest BCUT2D eigenvalue weighted by molar-refractivity contribution is 7.92. The standard InChI is InChI=1S/C30H34F4N2O2S/c1-2-3-4-5-6-7-22-10-15-29(28(31)18-22)35-39(37,38)27-14-11-25-21-36(17-16-24(25)19-27)20-23-8-12-26(13-9-23)30(32,33)34/h8-15,18-19,35H,2-7,16-17,20-21H2,1H3. The van der Waals surface area contributed by atoms with Crippen molar-refractivity contribution in [3.05, 3.63) is 94.3 Å². The minimum atomic E-state index is -4.36. The van der Waals surface area contributed by atoms with Crippen LogP contribution in [0.3, 0.4) is 0 Å². The molecule has 9 heteroatoms. The van der Waals surface area contributed by atoms with Crippen LogP contribution in [0.5, 0.6) is 0 Å². The van der Waals surface area contributed by atoms with Gasteiger partial charge in [-0.2, -0.15) is 13.2 Å². The van der Waals surface area contributed by atoms with Gasteiger partial charge in [0, 0.05) is 19.6 Å². The van der Waals surface area contributed by atoms with Crippen LogP contribution >= 0.6 is 0 Å². The van der Waals surface area contributed by atoms with Crippen LogP contribution in [0.2, 0.25) is 0 Å². The van der Waals surface area contributed by atoms with Crippen molar-refractivity contribution < 1.29 is 26.0 Å². The Morgan fingerprint density at radius 1 is 0.872 bits per heavy atom. The molecule has 0 aliphatic carbocycles. The Kier molecular flexibility index (Phi) is 9.33. The zero-order valence-corrected chi connectivity index (χ0v) is 22.8. The number of unbranched alkanes of at least 4 members (excludes halogenated alkanes) is 4. The third kappa shape index (κ3) is 7.82. The summed E-state index contributed by atoms with van der Waals surface area (Å²) in [6.07, 6.45) is 2.58. The predicted octanol–water partition coefficient (Wildman–Crippen LogP) is 7.72. The smallest absolute Gasteiger partial charge is 0.294 e. The molecule has 3 aromatic carbocycles. The van der Waals surface area contributed by atoms with Crippen molar-refractivity contribution in [2.24, 2.45) is 0 Å². The Balaban J connectivity index is 1.37. The van der Waals surface area contributed by atoms with Gasteiger partial charge < -0.3 is 0 Å². The van der Waals surface area contributed by atoms with Crippen LogP contribution in [0.4, 0.5) is 23.2 Å². The molecule has 0 saturated carbocycles. The van der Waals surface area contributed by atoms with Crippen molar-refractivity contribution in [2.45, 2.75) is 76.0 Å². The van der Waals surface area contributed by atoms with E-state index >= 15 is 0 Å². The number of benzene rings is 3. The molecule has 0 fully saturated rings. The van der Waals surface area contributed by atoms with E-state index in [0.29, 0.717) is 26.1 Å². The van der Waals surface area contributed by atoms with Crippen LogP contribution in [-0.2, 0) is 42.1 Å². The minimum absolute atomic E-state index is 0.0665. The quantitative estimate of drug-likeness (QED) is 0.192. The van der Waals surface area contributed by atoms with Crippen LogP contribution in [0.25, 0.3) is 0 Å². The fraction of sp³-hybridized carbons (Fsp3) is 0.400. The number of sulfonamides is 1. The van der Waals surface area contributed by atoms with Gasteiger partial charge in [0.15, 0.2) is 0 Å². The molecular formula is C30H34F4N2O2S. The number of fused-ring (bicyclic) bond motifs is 1. The predicted molar refractivity (Wildman–Crippen MR) is 145 cm³/mol. The number of hydrogen-bond donors (Lipinski definition) is 1. The zero-order chi connectivity index (χ0) is 28.0. The van der Waals surface area contributed by atoms with E-state index in [1.165, 1.54) is 36.8 Å². The van der Waals surface area contributed by atoms with Gasteiger partial charge in [0.25, 0.3) is 10.0 Å². The molecule has 39 heavy (non-hydrogen) atoms. The lowest BCUT2D eigenvalue weighted by atomic mass is 9.99. The summed E-state index contributed by atoms with van der Waals surface area (Å²) in [6, 6.07) is 14.7. The molecule has 0 unspecified atom stereocenters. The molecule has 1 N–H and O–H groups in total. The number of nitrogens with one attached hydrogen (secondary N) is 1. The highest BCUT2D eigenvalue weighted by Gasteiger charge is 2.30. The molecular weight excluding hydrogens is 528 g/mol. The van der Waals surface area contributed by atoms with Gasteiger partial charge in [-0.05, 0) is 77.9 Å². The molecule has 1 heterocycles. The summed E-state index contributed by atoms with van der Waals surface area (Å²) in [5.74, 6) is -0.596. The number of nitrogens with zero attached hydrogens (tertiary/aromatic N) is 1. The summed E-state index contributed by atoms with van der Waals surface area (Å²) in [7, 11) is -3.98. The number of hydrogen-bond acceptors (Lipinski definition) is 3. The van der Waals surface area contributed by atoms with Gasteiger partial charge >= 0.3 is 6.18 Å². The molecule has 0 aromatic heterocycles. The van der Waals surface area contributed by atoms with Gasteiger partial charge in [-0.25, -0.2) is 12.8 Å². The molecule has 0 saturated heterocycles. The van der Waals surface area contributed by atoms with Crippen LogP contribution in [-0.4, -0.2) is 19.9 Å². The molecule has 0 radical (unpaired) electrons. The maximum Gasteiger partial charge on any atom is 0.416 e. The summed E-state index contributed by atoms with van der Waals surface area (Å²) in [5.41, 5.74) is 2.72. The lowest BCUT2D eigenvalue weighted by Gasteiger charge is -2.29. The number of alkyl halides is 3. The molecule has 0 spiro atoms. The van der Waals surface area contributed by atoms with Crippen LogP contribution in [0, 0.1) is 5.82 Å². The summed E-state index contributed by atoms with van der Waals surface area (Å²) < 4.78 is 81.6. The van der Waals surface area contributed by atoms with E-state index in [1.54, 1.807) is 18.2 Å². The average Bonchev–Trinajstić information content (AvgIpc) is 2.89. The van der Waals surface area contributed by atoms with Gasteiger partial charge in [0.1, 0.15) is 5.82 Å².